The summed E-state index contributed by atoms with van der Waals surface area (Å²) in [6.45, 7) is 1.65. The van der Waals surface area contributed by atoms with Gasteiger partial charge in [0.15, 0.2) is 0 Å². The molecule has 0 saturated heterocycles. The molecule has 1 aliphatic rings. The number of nitrogens with zero attached hydrogens (tertiary/aromatic N) is 2. The first-order valence-corrected chi connectivity index (χ1v) is 8.79. The predicted molar refractivity (Wildman–Crippen MR) is 101 cm³/mol. The largest absolute Gasteiger partial charge is 0.493 e. The molecule has 0 amide bonds. The van der Waals surface area contributed by atoms with Crippen LogP contribution in [0.25, 0.3) is 0 Å². The van der Waals surface area contributed by atoms with Crippen LogP contribution in [0.4, 0.5) is 0 Å². The Hall–Kier alpha value is -2.41. The molecule has 0 fully saturated rings. The lowest BCUT2D eigenvalue weighted by Crippen LogP contribution is -2.34. The van der Waals surface area contributed by atoms with Crippen LogP contribution in [0.2, 0.25) is 0 Å². The van der Waals surface area contributed by atoms with Gasteiger partial charge in [0.05, 0.1) is 32.9 Å². The fraction of sp³-hybridized carbons (Fsp3) is 0.350. The van der Waals surface area contributed by atoms with E-state index in [1.165, 1.54) is 11.1 Å². The Bertz CT molecular complexity index is 725. The Morgan fingerprint density at radius 2 is 1.62 bits per heavy atom. The van der Waals surface area contributed by atoms with Crippen molar-refractivity contribution in [3.63, 3.8) is 0 Å². The lowest BCUT2D eigenvalue weighted by atomic mass is 10.0. The van der Waals surface area contributed by atoms with E-state index in [9.17, 15) is 0 Å². The van der Waals surface area contributed by atoms with Gasteiger partial charge in [-0.05, 0) is 29.7 Å². The first-order valence-electron chi connectivity index (χ1n) is 8.79. The number of amidine groups is 1. The number of aliphatic imine (C=N–C) groups is 1. The van der Waals surface area contributed by atoms with Crippen LogP contribution in [-0.4, -0.2) is 54.0 Å². The summed E-state index contributed by atoms with van der Waals surface area (Å²) in [5.74, 6) is 7.25. The zero-order chi connectivity index (χ0) is 18.4. The van der Waals surface area contributed by atoms with E-state index in [-0.39, 0.29) is 19.1 Å². The van der Waals surface area contributed by atoms with Crippen molar-refractivity contribution >= 4 is 5.84 Å². The summed E-state index contributed by atoms with van der Waals surface area (Å²) in [6, 6.07) is 16.2. The third-order valence-corrected chi connectivity index (χ3v) is 4.42. The molecule has 4 N–H and O–H groups in total. The molecule has 138 valence electrons. The van der Waals surface area contributed by atoms with Crippen molar-refractivity contribution in [3.8, 4) is 5.75 Å². The molecule has 1 heterocycles. The first kappa shape index (κ1) is 18.4. The van der Waals surface area contributed by atoms with Crippen molar-refractivity contribution in [2.24, 2.45) is 16.8 Å². The standard InChI is InChI=1S/C20H25N3O3/c21-23-10-9-22-20(23)18-5-1-15(2-6-18)11-16-3-7-19(8-4-16)26-14-17(12-24)13-25/h1-8,17,24-25H,9-14,21H2. The molecule has 3 rings (SSSR count). The van der Waals surface area contributed by atoms with Crippen LogP contribution < -0.4 is 10.6 Å². The Morgan fingerprint density at radius 3 is 2.15 bits per heavy atom. The number of aliphatic hydroxyl groups excluding tert-OH is 2. The maximum absolute atomic E-state index is 9.06. The molecule has 0 unspecified atom stereocenters. The quantitative estimate of drug-likeness (QED) is 0.619. The highest BCUT2D eigenvalue weighted by molar-refractivity contribution is 5.99. The van der Waals surface area contributed by atoms with Gasteiger partial charge in [-0.3, -0.25) is 10.0 Å². The minimum Gasteiger partial charge on any atom is -0.493 e. The zero-order valence-electron chi connectivity index (χ0n) is 14.7. The molecule has 0 bridgehead atoms. The molecule has 0 radical (unpaired) electrons. The van der Waals surface area contributed by atoms with Gasteiger partial charge in [-0.2, -0.15) is 0 Å². The van der Waals surface area contributed by atoms with Crippen molar-refractivity contribution in [2.75, 3.05) is 32.9 Å². The normalized spacial score (nSPS) is 14.0. The minimum absolute atomic E-state index is 0.0844. The molecular weight excluding hydrogens is 330 g/mol. The maximum Gasteiger partial charge on any atom is 0.145 e. The molecule has 0 aromatic heterocycles. The van der Waals surface area contributed by atoms with Crippen molar-refractivity contribution in [3.05, 3.63) is 65.2 Å². The molecule has 2 aromatic rings. The van der Waals surface area contributed by atoms with Crippen molar-refractivity contribution < 1.29 is 14.9 Å². The molecule has 0 atom stereocenters. The number of benzene rings is 2. The van der Waals surface area contributed by atoms with Crippen LogP contribution >= 0.6 is 0 Å². The second-order valence-corrected chi connectivity index (χ2v) is 6.46. The summed E-state index contributed by atoms with van der Waals surface area (Å²) in [5, 5.41) is 19.8. The highest BCUT2D eigenvalue weighted by Gasteiger charge is 2.14. The fourth-order valence-electron chi connectivity index (χ4n) is 2.81. The van der Waals surface area contributed by atoms with E-state index >= 15 is 0 Å². The second kappa shape index (κ2) is 8.80. The molecule has 6 heteroatoms. The van der Waals surface area contributed by atoms with Crippen LogP contribution in [0, 0.1) is 5.92 Å². The van der Waals surface area contributed by atoms with Gasteiger partial charge in [0, 0.05) is 11.5 Å². The van der Waals surface area contributed by atoms with Gasteiger partial charge in [0.1, 0.15) is 11.6 Å². The van der Waals surface area contributed by atoms with Gasteiger partial charge in [0.2, 0.25) is 0 Å². The van der Waals surface area contributed by atoms with Gasteiger partial charge >= 0.3 is 0 Å². The monoisotopic (exact) mass is 355 g/mol. The highest BCUT2D eigenvalue weighted by Crippen LogP contribution is 2.17. The van der Waals surface area contributed by atoms with Crippen molar-refractivity contribution in [1.82, 2.24) is 5.01 Å². The van der Waals surface area contributed by atoms with E-state index in [0.717, 1.165) is 36.7 Å². The van der Waals surface area contributed by atoms with Crippen LogP contribution in [0.5, 0.6) is 5.75 Å². The first-order chi connectivity index (χ1) is 12.7. The minimum atomic E-state index is -0.248. The number of ether oxygens (including phenoxy) is 1. The van der Waals surface area contributed by atoms with Crippen molar-refractivity contribution in [1.29, 1.82) is 0 Å². The van der Waals surface area contributed by atoms with E-state index < -0.39 is 0 Å². The number of aliphatic hydroxyl groups is 2. The van der Waals surface area contributed by atoms with Gasteiger partial charge in [0.25, 0.3) is 0 Å². The van der Waals surface area contributed by atoms with Crippen molar-refractivity contribution in [2.45, 2.75) is 6.42 Å². The Morgan fingerprint density at radius 1 is 1.00 bits per heavy atom. The van der Waals surface area contributed by atoms with Gasteiger partial charge in [-0.25, -0.2) is 5.84 Å². The number of hydrogen-bond acceptors (Lipinski definition) is 6. The topological polar surface area (TPSA) is 91.3 Å². The van der Waals surface area contributed by atoms with Gasteiger partial charge in [-0.15, -0.1) is 0 Å². The third-order valence-electron chi connectivity index (χ3n) is 4.42. The number of hydrazine groups is 1. The number of nitrogens with two attached hydrogens (primary N) is 1. The average Bonchev–Trinajstić information content (AvgIpc) is 3.10. The Balaban J connectivity index is 1.57. The molecule has 0 saturated carbocycles. The zero-order valence-corrected chi connectivity index (χ0v) is 14.7. The summed E-state index contributed by atoms with van der Waals surface area (Å²) < 4.78 is 5.59. The molecule has 26 heavy (non-hydrogen) atoms. The highest BCUT2D eigenvalue weighted by atomic mass is 16.5. The van der Waals surface area contributed by atoms with Gasteiger partial charge < -0.3 is 14.9 Å². The van der Waals surface area contributed by atoms with Crippen LogP contribution in [0.15, 0.2) is 53.5 Å². The second-order valence-electron chi connectivity index (χ2n) is 6.46. The van der Waals surface area contributed by atoms with E-state index in [1.807, 2.05) is 24.3 Å². The van der Waals surface area contributed by atoms with E-state index in [0.29, 0.717) is 6.61 Å². The van der Waals surface area contributed by atoms with E-state index in [1.54, 1.807) is 5.01 Å². The van der Waals surface area contributed by atoms with E-state index in [2.05, 4.69) is 29.3 Å². The van der Waals surface area contributed by atoms with Crippen LogP contribution in [0.1, 0.15) is 16.7 Å². The maximum atomic E-state index is 9.06. The molecule has 6 nitrogen and oxygen atoms in total. The summed E-state index contributed by atoms with van der Waals surface area (Å²) in [7, 11) is 0. The number of rotatable bonds is 8. The smallest absolute Gasteiger partial charge is 0.145 e. The summed E-state index contributed by atoms with van der Waals surface area (Å²) in [6.07, 6.45) is 0.829. The van der Waals surface area contributed by atoms with Gasteiger partial charge in [-0.1, -0.05) is 36.4 Å². The van der Waals surface area contributed by atoms with Crippen LogP contribution in [0.3, 0.4) is 0 Å². The molecule has 0 spiro atoms. The Labute approximate surface area is 153 Å². The number of hydrogen-bond donors (Lipinski definition) is 3. The fourth-order valence-corrected chi connectivity index (χ4v) is 2.81. The SMILES string of the molecule is NN1CCN=C1c1ccc(Cc2ccc(OCC(CO)CO)cc2)cc1. The molecule has 2 aromatic carbocycles. The summed E-state index contributed by atoms with van der Waals surface area (Å²) >= 11 is 0. The molecule has 0 aliphatic carbocycles. The lowest BCUT2D eigenvalue weighted by molar-refractivity contribution is 0.106. The van der Waals surface area contributed by atoms with Crippen LogP contribution in [-0.2, 0) is 6.42 Å². The third kappa shape index (κ3) is 4.60. The average molecular weight is 355 g/mol. The molecular formula is C20H25N3O3. The summed E-state index contributed by atoms with van der Waals surface area (Å²) in [4.78, 5) is 4.42. The predicted octanol–water partition coefficient (Wildman–Crippen LogP) is 1.19. The summed E-state index contributed by atoms with van der Waals surface area (Å²) in [5.41, 5.74) is 3.44. The molecule has 1 aliphatic heterocycles. The lowest BCUT2D eigenvalue weighted by Gasteiger charge is -2.14. The van der Waals surface area contributed by atoms with E-state index in [4.69, 9.17) is 20.8 Å². The Kier molecular flexibility index (Phi) is 6.22.